The molecule has 5 nitrogen and oxygen atoms in total. The molecule has 0 bridgehead atoms. The third kappa shape index (κ3) is 2.88. The Bertz CT molecular complexity index is 683. The number of morpholine rings is 1. The van der Waals surface area contributed by atoms with Gasteiger partial charge in [0.2, 0.25) is 11.8 Å². The molecule has 2 fully saturated rings. The number of rotatable bonds is 3. The quantitative estimate of drug-likeness (QED) is 0.874. The van der Waals surface area contributed by atoms with Crippen molar-refractivity contribution in [3.63, 3.8) is 0 Å². The Morgan fingerprint density at radius 3 is 3.00 bits per heavy atom. The molecule has 1 saturated carbocycles. The van der Waals surface area contributed by atoms with Crippen LogP contribution in [-0.2, 0) is 16.0 Å². The number of oxazole rings is 1. The number of aromatic nitrogens is 1. The number of hydrogen-bond donors (Lipinski definition) is 0. The van der Waals surface area contributed by atoms with E-state index in [0.29, 0.717) is 31.2 Å². The van der Waals surface area contributed by atoms with Crippen LogP contribution in [0.1, 0.15) is 25.0 Å². The van der Waals surface area contributed by atoms with Crippen LogP contribution >= 0.6 is 0 Å². The Labute approximate surface area is 135 Å². The van der Waals surface area contributed by atoms with Crippen LogP contribution in [-0.4, -0.2) is 41.1 Å². The molecule has 0 unspecified atom stereocenters. The number of carbonyl (C=O) groups is 1. The molecule has 4 rings (SSSR count). The first-order chi connectivity index (χ1) is 11.3. The maximum absolute atomic E-state index is 12.6. The van der Waals surface area contributed by atoms with Crippen LogP contribution in [0.5, 0.6) is 0 Å². The van der Waals surface area contributed by atoms with Crippen LogP contribution in [0.4, 0.5) is 0 Å². The average Bonchev–Trinajstić information content (AvgIpc) is 3.24. The molecule has 1 saturated heterocycles. The Morgan fingerprint density at radius 1 is 1.26 bits per heavy atom. The van der Waals surface area contributed by atoms with E-state index in [1.54, 1.807) is 6.26 Å². The molecule has 120 valence electrons. The minimum absolute atomic E-state index is 0.123. The zero-order valence-corrected chi connectivity index (χ0v) is 13.0. The summed E-state index contributed by atoms with van der Waals surface area (Å²) in [6.45, 7) is 1.32. The van der Waals surface area contributed by atoms with Crippen LogP contribution in [0.3, 0.4) is 0 Å². The standard InChI is InChI=1S/C18H20N2O3/c21-17(20-9-10-22-16-8-4-7-15(16)20)11-14-12-23-18(19-14)13-5-2-1-3-6-13/h1-3,5-6,12,15-16H,4,7-11H2/t15-,16-/m0/s1. The number of carbonyl (C=O) groups excluding carboxylic acids is 1. The summed E-state index contributed by atoms with van der Waals surface area (Å²) >= 11 is 0. The summed E-state index contributed by atoms with van der Waals surface area (Å²) in [6, 6.07) is 9.98. The lowest BCUT2D eigenvalue weighted by Crippen LogP contribution is -2.51. The van der Waals surface area contributed by atoms with E-state index in [-0.39, 0.29) is 18.1 Å². The summed E-state index contributed by atoms with van der Waals surface area (Å²) in [5, 5.41) is 0. The highest BCUT2D eigenvalue weighted by atomic mass is 16.5. The summed E-state index contributed by atoms with van der Waals surface area (Å²) in [4.78, 5) is 19.1. The highest BCUT2D eigenvalue weighted by Crippen LogP contribution is 2.30. The van der Waals surface area contributed by atoms with Gasteiger partial charge in [-0.05, 0) is 31.4 Å². The number of nitrogens with zero attached hydrogens (tertiary/aromatic N) is 2. The summed E-state index contributed by atoms with van der Waals surface area (Å²) in [6.07, 6.45) is 5.36. The lowest BCUT2D eigenvalue weighted by molar-refractivity contribution is -0.143. The normalized spacial score (nSPS) is 23.7. The molecule has 1 amide bonds. The van der Waals surface area contributed by atoms with Crippen LogP contribution in [0.15, 0.2) is 41.0 Å². The summed E-state index contributed by atoms with van der Waals surface area (Å²) in [5.41, 5.74) is 1.61. The molecule has 0 N–H and O–H groups in total. The van der Waals surface area contributed by atoms with Gasteiger partial charge in [-0.2, -0.15) is 0 Å². The molecule has 2 aromatic rings. The van der Waals surface area contributed by atoms with Crippen molar-refractivity contribution in [1.29, 1.82) is 0 Å². The van der Waals surface area contributed by atoms with Gasteiger partial charge in [-0.1, -0.05) is 18.2 Å². The van der Waals surface area contributed by atoms with E-state index in [9.17, 15) is 4.79 Å². The fourth-order valence-corrected chi connectivity index (χ4v) is 3.59. The zero-order chi connectivity index (χ0) is 15.6. The zero-order valence-electron chi connectivity index (χ0n) is 13.0. The van der Waals surface area contributed by atoms with E-state index in [1.807, 2.05) is 35.2 Å². The number of amides is 1. The van der Waals surface area contributed by atoms with Gasteiger partial charge in [0, 0.05) is 12.1 Å². The van der Waals surface area contributed by atoms with Crippen molar-refractivity contribution < 1.29 is 13.9 Å². The third-order valence-electron chi connectivity index (χ3n) is 4.71. The second kappa shape index (κ2) is 6.16. The second-order valence-corrected chi connectivity index (χ2v) is 6.18. The van der Waals surface area contributed by atoms with Crippen molar-refractivity contribution in [3.05, 3.63) is 42.3 Å². The molecular weight excluding hydrogens is 292 g/mol. The van der Waals surface area contributed by atoms with Gasteiger partial charge in [0.1, 0.15) is 6.26 Å². The van der Waals surface area contributed by atoms with Gasteiger partial charge in [0.05, 0.1) is 30.9 Å². The molecule has 1 aliphatic heterocycles. The van der Waals surface area contributed by atoms with Crippen LogP contribution in [0, 0.1) is 0 Å². The topological polar surface area (TPSA) is 55.6 Å². The molecule has 2 atom stereocenters. The van der Waals surface area contributed by atoms with Crippen molar-refractivity contribution in [2.24, 2.45) is 0 Å². The molecule has 2 heterocycles. The van der Waals surface area contributed by atoms with E-state index in [4.69, 9.17) is 9.15 Å². The van der Waals surface area contributed by atoms with Crippen LogP contribution in [0.2, 0.25) is 0 Å². The van der Waals surface area contributed by atoms with Gasteiger partial charge in [0.25, 0.3) is 0 Å². The van der Waals surface area contributed by atoms with Crippen molar-refractivity contribution in [2.45, 2.75) is 37.8 Å². The number of fused-ring (bicyclic) bond motifs is 1. The molecule has 5 heteroatoms. The fraction of sp³-hybridized carbons (Fsp3) is 0.444. The van der Waals surface area contributed by atoms with E-state index in [1.165, 1.54) is 0 Å². The van der Waals surface area contributed by atoms with E-state index < -0.39 is 0 Å². The smallest absolute Gasteiger partial charge is 0.229 e. The number of benzene rings is 1. The summed E-state index contributed by atoms with van der Waals surface area (Å²) in [7, 11) is 0. The van der Waals surface area contributed by atoms with Gasteiger partial charge < -0.3 is 14.1 Å². The van der Waals surface area contributed by atoms with E-state index in [0.717, 1.165) is 24.8 Å². The van der Waals surface area contributed by atoms with Crippen LogP contribution in [0.25, 0.3) is 11.5 Å². The number of hydrogen-bond acceptors (Lipinski definition) is 4. The highest BCUT2D eigenvalue weighted by Gasteiger charge is 2.38. The Morgan fingerprint density at radius 2 is 2.13 bits per heavy atom. The van der Waals surface area contributed by atoms with Crippen molar-refractivity contribution in [1.82, 2.24) is 9.88 Å². The molecule has 2 aliphatic rings. The monoisotopic (exact) mass is 312 g/mol. The minimum Gasteiger partial charge on any atom is -0.444 e. The fourth-order valence-electron chi connectivity index (χ4n) is 3.59. The van der Waals surface area contributed by atoms with Gasteiger partial charge in [-0.15, -0.1) is 0 Å². The SMILES string of the molecule is O=C(Cc1coc(-c2ccccc2)n1)N1CCO[C@H]2CCC[C@@H]21. The molecule has 1 aromatic heterocycles. The van der Waals surface area contributed by atoms with E-state index in [2.05, 4.69) is 4.98 Å². The van der Waals surface area contributed by atoms with Crippen LogP contribution < -0.4 is 0 Å². The van der Waals surface area contributed by atoms with Gasteiger partial charge in [-0.3, -0.25) is 4.79 Å². The van der Waals surface area contributed by atoms with Crippen molar-refractivity contribution in [3.8, 4) is 11.5 Å². The van der Waals surface area contributed by atoms with Gasteiger partial charge in [-0.25, -0.2) is 4.98 Å². The predicted octanol–water partition coefficient (Wildman–Crippen LogP) is 2.66. The summed E-state index contributed by atoms with van der Waals surface area (Å²) < 4.78 is 11.3. The van der Waals surface area contributed by atoms with E-state index >= 15 is 0 Å². The molecule has 0 radical (unpaired) electrons. The predicted molar refractivity (Wildman–Crippen MR) is 84.7 cm³/mol. The largest absolute Gasteiger partial charge is 0.444 e. The highest BCUT2D eigenvalue weighted by molar-refractivity contribution is 5.79. The minimum atomic E-state index is 0.123. The first-order valence-electron chi connectivity index (χ1n) is 8.22. The maximum atomic E-state index is 12.6. The first-order valence-corrected chi connectivity index (χ1v) is 8.22. The third-order valence-corrected chi connectivity index (χ3v) is 4.71. The van der Waals surface area contributed by atoms with Gasteiger partial charge >= 0.3 is 0 Å². The molecule has 23 heavy (non-hydrogen) atoms. The molecule has 1 aliphatic carbocycles. The average molecular weight is 312 g/mol. The summed E-state index contributed by atoms with van der Waals surface area (Å²) in [5.74, 6) is 0.687. The van der Waals surface area contributed by atoms with Crippen molar-refractivity contribution in [2.75, 3.05) is 13.2 Å². The Hall–Kier alpha value is -2.14. The maximum Gasteiger partial charge on any atom is 0.229 e. The Kier molecular flexibility index (Phi) is 3.87. The molecular formula is C18H20N2O3. The molecule has 0 spiro atoms. The Balaban J connectivity index is 1.46. The lowest BCUT2D eigenvalue weighted by Gasteiger charge is -2.37. The lowest BCUT2D eigenvalue weighted by atomic mass is 10.1. The van der Waals surface area contributed by atoms with Gasteiger partial charge in [0.15, 0.2) is 0 Å². The second-order valence-electron chi connectivity index (χ2n) is 6.18. The van der Waals surface area contributed by atoms with Crippen molar-refractivity contribution >= 4 is 5.91 Å². The number of ether oxygens (including phenoxy) is 1. The molecule has 1 aromatic carbocycles. The first kappa shape index (κ1) is 14.5.